The van der Waals surface area contributed by atoms with Crippen LogP contribution in [0.1, 0.15) is 37.7 Å². The van der Waals surface area contributed by atoms with Gasteiger partial charge in [0.05, 0.1) is 0 Å². The van der Waals surface area contributed by atoms with E-state index in [1.54, 1.807) is 12.1 Å². The maximum Gasteiger partial charge on any atom is 0.123 e. The minimum atomic E-state index is -0.196. The summed E-state index contributed by atoms with van der Waals surface area (Å²) in [4.78, 5) is 2.28. The van der Waals surface area contributed by atoms with Gasteiger partial charge in [0.2, 0.25) is 0 Å². The second-order valence-electron chi connectivity index (χ2n) is 6.11. The molecule has 1 atom stereocenters. The highest BCUT2D eigenvalue weighted by Gasteiger charge is 2.39. The Hall–Kier alpha value is -0.450. The van der Waals surface area contributed by atoms with Crippen molar-refractivity contribution in [2.75, 3.05) is 14.1 Å². The van der Waals surface area contributed by atoms with E-state index in [2.05, 4.69) is 34.9 Å². The van der Waals surface area contributed by atoms with Crippen LogP contribution in [0.3, 0.4) is 0 Å². The van der Waals surface area contributed by atoms with Crippen molar-refractivity contribution in [1.29, 1.82) is 0 Å². The van der Waals surface area contributed by atoms with Gasteiger partial charge in [-0.3, -0.25) is 0 Å². The summed E-state index contributed by atoms with van der Waals surface area (Å²) in [7, 11) is 4.23. The Kier molecular flexibility index (Phi) is 5.21. The second-order valence-corrected chi connectivity index (χ2v) is 6.96. The zero-order valence-corrected chi connectivity index (χ0v) is 13.9. The summed E-state index contributed by atoms with van der Waals surface area (Å²) in [5, 5.41) is 0. The highest BCUT2D eigenvalue weighted by molar-refractivity contribution is 9.10. The first-order valence-electron chi connectivity index (χ1n) is 7.32. The minimum absolute atomic E-state index is 0.0240. The fourth-order valence-electron chi connectivity index (χ4n) is 3.44. The van der Waals surface area contributed by atoms with E-state index < -0.39 is 0 Å². The van der Waals surface area contributed by atoms with E-state index in [0.717, 1.165) is 22.9 Å². The van der Waals surface area contributed by atoms with Crippen molar-refractivity contribution in [3.8, 4) is 0 Å². The molecule has 1 unspecified atom stereocenters. The number of rotatable bonds is 4. The summed E-state index contributed by atoms with van der Waals surface area (Å²) < 4.78 is 14.4. The van der Waals surface area contributed by atoms with E-state index in [4.69, 9.17) is 5.73 Å². The van der Waals surface area contributed by atoms with Crippen molar-refractivity contribution >= 4 is 15.9 Å². The lowest BCUT2D eigenvalue weighted by atomic mass is 9.74. The lowest BCUT2D eigenvalue weighted by molar-refractivity contribution is 0.0715. The van der Waals surface area contributed by atoms with Crippen molar-refractivity contribution in [2.45, 2.75) is 50.1 Å². The molecule has 20 heavy (non-hydrogen) atoms. The molecule has 0 aliphatic heterocycles. The molecule has 4 heteroatoms. The Balaban J connectivity index is 2.20. The fourth-order valence-corrected chi connectivity index (χ4v) is 3.85. The Morgan fingerprint density at radius 2 is 1.95 bits per heavy atom. The number of halogens is 2. The largest absolute Gasteiger partial charge is 0.326 e. The van der Waals surface area contributed by atoms with Gasteiger partial charge in [0.1, 0.15) is 5.82 Å². The van der Waals surface area contributed by atoms with Gasteiger partial charge < -0.3 is 10.6 Å². The summed E-state index contributed by atoms with van der Waals surface area (Å²) in [6.07, 6.45) is 6.73. The first-order valence-corrected chi connectivity index (χ1v) is 8.12. The summed E-state index contributed by atoms with van der Waals surface area (Å²) in [5.74, 6) is -0.196. The van der Waals surface area contributed by atoms with Crippen LogP contribution in [0.5, 0.6) is 0 Å². The van der Waals surface area contributed by atoms with Crippen LogP contribution in [-0.4, -0.2) is 30.6 Å². The molecule has 0 bridgehead atoms. The molecule has 0 saturated heterocycles. The minimum Gasteiger partial charge on any atom is -0.326 e. The van der Waals surface area contributed by atoms with Crippen molar-refractivity contribution in [1.82, 2.24) is 4.90 Å². The third-order valence-electron chi connectivity index (χ3n) is 4.75. The summed E-state index contributed by atoms with van der Waals surface area (Å²) in [6.45, 7) is 0. The summed E-state index contributed by atoms with van der Waals surface area (Å²) >= 11 is 3.50. The van der Waals surface area contributed by atoms with Gasteiger partial charge >= 0.3 is 0 Å². The number of likely N-dealkylation sites (N-methyl/N-ethyl adjacent to an activating group) is 1. The highest BCUT2D eigenvalue weighted by Crippen LogP contribution is 2.36. The third-order valence-corrected chi connectivity index (χ3v) is 5.52. The number of hydrogen-bond acceptors (Lipinski definition) is 2. The molecule has 0 amide bonds. The van der Waals surface area contributed by atoms with Crippen LogP contribution in [0.15, 0.2) is 22.7 Å². The Morgan fingerprint density at radius 1 is 1.30 bits per heavy atom. The van der Waals surface area contributed by atoms with Crippen molar-refractivity contribution < 1.29 is 4.39 Å². The van der Waals surface area contributed by atoms with Crippen LogP contribution in [0.25, 0.3) is 0 Å². The maximum absolute atomic E-state index is 13.4. The van der Waals surface area contributed by atoms with Crippen molar-refractivity contribution in [3.63, 3.8) is 0 Å². The van der Waals surface area contributed by atoms with E-state index >= 15 is 0 Å². The quantitative estimate of drug-likeness (QED) is 0.903. The van der Waals surface area contributed by atoms with Gasteiger partial charge in [-0.2, -0.15) is 0 Å². The first kappa shape index (κ1) is 15.9. The van der Waals surface area contributed by atoms with E-state index in [-0.39, 0.29) is 17.4 Å². The first-order chi connectivity index (χ1) is 9.45. The van der Waals surface area contributed by atoms with E-state index in [0.29, 0.717) is 6.42 Å². The number of hydrogen-bond donors (Lipinski definition) is 1. The molecule has 1 fully saturated rings. The van der Waals surface area contributed by atoms with E-state index in [1.807, 2.05) is 0 Å². The average Bonchev–Trinajstić information content (AvgIpc) is 2.43. The summed E-state index contributed by atoms with van der Waals surface area (Å²) in [5.41, 5.74) is 7.56. The molecular weight excluding hydrogens is 319 g/mol. The van der Waals surface area contributed by atoms with Crippen molar-refractivity contribution in [3.05, 3.63) is 34.1 Å². The predicted molar refractivity (Wildman–Crippen MR) is 85.3 cm³/mol. The molecule has 2 N–H and O–H groups in total. The molecule has 2 nitrogen and oxygen atoms in total. The smallest absolute Gasteiger partial charge is 0.123 e. The SMILES string of the molecule is CN(C)C1(C(N)Cc2cc(F)ccc2Br)CCCCC1. The van der Waals surface area contributed by atoms with Gasteiger partial charge in [-0.15, -0.1) is 0 Å². The molecular formula is C16H24BrFN2. The highest BCUT2D eigenvalue weighted by atomic mass is 79.9. The lowest BCUT2D eigenvalue weighted by Gasteiger charge is -2.47. The predicted octanol–water partition coefficient (Wildman–Crippen LogP) is 3.72. The van der Waals surface area contributed by atoms with Crippen LogP contribution < -0.4 is 5.73 Å². The maximum atomic E-state index is 13.4. The van der Waals surface area contributed by atoms with Gasteiger partial charge in [-0.1, -0.05) is 35.2 Å². The average molecular weight is 343 g/mol. The van der Waals surface area contributed by atoms with Crippen molar-refractivity contribution in [2.24, 2.45) is 5.73 Å². The van der Waals surface area contributed by atoms with Crippen LogP contribution in [0.4, 0.5) is 4.39 Å². The van der Waals surface area contributed by atoms with Crippen LogP contribution in [0.2, 0.25) is 0 Å². The van der Waals surface area contributed by atoms with Gasteiger partial charge in [0, 0.05) is 16.1 Å². The Labute approximate surface area is 129 Å². The number of benzene rings is 1. The molecule has 1 aliphatic carbocycles. The summed E-state index contributed by atoms with van der Waals surface area (Å²) in [6, 6.07) is 4.86. The molecule has 2 rings (SSSR count). The molecule has 0 spiro atoms. The van der Waals surface area contributed by atoms with E-state index in [1.165, 1.54) is 25.3 Å². The Morgan fingerprint density at radius 3 is 2.55 bits per heavy atom. The second kappa shape index (κ2) is 6.54. The number of nitrogens with zero attached hydrogens (tertiary/aromatic N) is 1. The van der Waals surface area contributed by atoms with Crippen LogP contribution in [0, 0.1) is 5.82 Å². The lowest BCUT2D eigenvalue weighted by Crippen LogP contribution is -2.59. The molecule has 1 saturated carbocycles. The molecule has 0 heterocycles. The molecule has 1 aromatic carbocycles. The molecule has 112 valence electrons. The zero-order chi connectivity index (χ0) is 14.8. The molecule has 0 aromatic heterocycles. The molecule has 1 aromatic rings. The van der Waals surface area contributed by atoms with Gasteiger partial charge in [0.15, 0.2) is 0 Å². The van der Waals surface area contributed by atoms with Crippen LogP contribution in [-0.2, 0) is 6.42 Å². The normalized spacial score (nSPS) is 20.1. The fraction of sp³-hybridized carbons (Fsp3) is 0.625. The van der Waals surface area contributed by atoms with Gasteiger partial charge in [0.25, 0.3) is 0 Å². The van der Waals surface area contributed by atoms with Crippen LogP contribution >= 0.6 is 15.9 Å². The molecule has 0 radical (unpaired) electrons. The topological polar surface area (TPSA) is 29.3 Å². The molecule has 1 aliphatic rings. The Bertz CT molecular complexity index is 456. The van der Waals surface area contributed by atoms with Gasteiger partial charge in [-0.25, -0.2) is 4.39 Å². The standard InChI is InChI=1S/C16H24BrFN2/c1-20(2)16(8-4-3-5-9-16)15(19)11-12-10-13(18)6-7-14(12)17/h6-7,10,15H,3-5,8-9,11,19H2,1-2H3. The third kappa shape index (κ3) is 3.23. The van der Waals surface area contributed by atoms with E-state index in [9.17, 15) is 4.39 Å². The van der Waals surface area contributed by atoms with Gasteiger partial charge in [-0.05, 0) is 57.1 Å². The monoisotopic (exact) mass is 342 g/mol. The number of nitrogens with two attached hydrogens (primary N) is 1. The zero-order valence-electron chi connectivity index (χ0n) is 12.3.